The predicted octanol–water partition coefficient (Wildman–Crippen LogP) is 3.94. The molecule has 1 aromatic heterocycles. The molecular weight excluding hydrogens is 330 g/mol. The van der Waals surface area contributed by atoms with E-state index < -0.39 is 0 Å². The molecule has 0 bridgehead atoms. The fraction of sp³-hybridized carbons (Fsp3) is 0.250. The molecule has 0 aliphatic rings. The summed E-state index contributed by atoms with van der Waals surface area (Å²) >= 11 is 3.28. The monoisotopic (exact) mass is 347 g/mol. The molecule has 0 unspecified atom stereocenters. The first-order valence-corrected chi connectivity index (χ1v) is 7.71. The number of amides is 1. The lowest BCUT2D eigenvalue weighted by molar-refractivity contribution is 0.102. The maximum atomic E-state index is 12.2. The zero-order chi connectivity index (χ0) is 15.2. The highest BCUT2D eigenvalue weighted by Gasteiger charge is 2.10. The zero-order valence-corrected chi connectivity index (χ0v) is 13.7. The summed E-state index contributed by atoms with van der Waals surface area (Å²) in [7, 11) is 0. The zero-order valence-electron chi connectivity index (χ0n) is 12.1. The number of carbonyl (C=O) groups is 1. The molecule has 1 amide bonds. The quantitative estimate of drug-likeness (QED) is 0.833. The standard InChI is InChI=1S/C16H18BrN3O/c1-3-20(4-2)13-9-7-12(8-10-13)19-16(21)14-6-5-11-18-15(14)17/h5-11H,3-4H2,1-2H3,(H,19,21). The molecule has 2 rings (SSSR count). The lowest BCUT2D eigenvalue weighted by atomic mass is 10.2. The van der Waals surface area contributed by atoms with Crippen LogP contribution in [0, 0.1) is 0 Å². The van der Waals surface area contributed by atoms with Crippen LogP contribution in [0.25, 0.3) is 0 Å². The Bertz CT molecular complexity index is 609. The van der Waals surface area contributed by atoms with Gasteiger partial charge in [-0.25, -0.2) is 4.98 Å². The van der Waals surface area contributed by atoms with Gasteiger partial charge in [0.2, 0.25) is 0 Å². The SMILES string of the molecule is CCN(CC)c1ccc(NC(=O)c2cccnc2Br)cc1. The van der Waals surface area contributed by atoms with Gasteiger partial charge in [-0.15, -0.1) is 0 Å². The Morgan fingerprint density at radius 3 is 2.43 bits per heavy atom. The van der Waals surface area contributed by atoms with E-state index in [1.165, 1.54) is 0 Å². The molecule has 0 aliphatic heterocycles. The molecule has 5 heteroatoms. The van der Waals surface area contributed by atoms with Gasteiger partial charge in [0.25, 0.3) is 5.91 Å². The van der Waals surface area contributed by atoms with Gasteiger partial charge in [0.15, 0.2) is 0 Å². The van der Waals surface area contributed by atoms with Crippen molar-refractivity contribution in [1.82, 2.24) is 4.98 Å². The van der Waals surface area contributed by atoms with Gasteiger partial charge in [0.05, 0.1) is 5.56 Å². The van der Waals surface area contributed by atoms with Crippen LogP contribution in [0.15, 0.2) is 47.2 Å². The second-order valence-electron chi connectivity index (χ2n) is 4.52. The Hall–Kier alpha value is -1.88. The van der Waals surface area contributed by atoms with Crippen molar-refractivity contribution in [3.05, 3.63) is 52.8 Å². The van der Waals surface area contributed by atoms with Crippen molar-refractivity contribution in [3.63, 3.8) is 0 Å². The van der Waals surface area contributed by atoms with Gasteiger partial charge in [0, 0.05) is 30.7 Å². The maximum Gasteiger partial charge on any atom is 0.258 e. The van der Waals surface area contributed by atoms with Crippen LogP contribution in [0.3, 0.4) is 0 Å². The number of halogens is 1. The van der Waals surface area contributed by atoms with Crippen LogP contribution in [-0.2, 0) is 0 Å². The van der Waals surface area contributed by atoms with Crippen molar-refractivity contribution in [2.45, 2.75) is 13.8 Å². The first-order chi connectivity index (χ1) is 10.2. The number of benzene rings is 1. The van der Waals surface area contributed by atoms with Gasteiger partial charge < -0.3 is 10.2 Å². The Morgan fingerprint density at radius 1 is 1.19 bits per heavy atom. The first-order valence-electron chi connectivity index (χ1n) is 6.92. The minimum atomic E-state index is -0.175. The Balaban J connectivity index is 2.10. The normalized spacial score (nSPS) is 10.2. The molecule has 0 saturated heterocycles. The Kier molecular flexibility index (Phi) is 5.33. The Labute approximate surface area is 133 Å². The number of rotatable bonds is 5. The third kappa shape index (κ3) is 3.82. The van der Waals surface area contributed by atoms with E-state index in [1.807, 2.05) is 24.3 Å². The molecule has 4 nitrogen and oxygen atoms in total. The van der Waals surface area contributed by atoms with Crippen molar-refractivity contribution in [2.75, 3.05) is 23.3 Å². The van der Waals surface area contributed by atoms with Crippen molar-refractivity contribution >= 4 is 33.2 Å². The average molecular weight is 348 g/mol. The third-order valence-corrected chi connectivity index (χ3v) is 3.89. The van der Waals surface area contributed by atoms with E-state index in [0.717, 1.165) is 24.5 Å². The number of hydrogen-bond donors (Lipinski definition) is 1. The van der Waals surface area contributed by atoms with Crippen LogP contribution < -0.4 is 10.2 Å². The summed E-state index contributed by atoms with van der Waals surface area (Å²) in [4.78, 5) is 18.5. The fourth-order valence-corrected chi connectivity index (χ4v) is 2.53. The molecule has 110 valence electrons. The van der Waals surface area contributed by atoms with Gasteiger partial charge in [0.1, 0.15) is 4.60 Å². The molecule has 0 radical (unpaired) electrons. The van der Waals surface area contributed by atoms with E-state index in [-0.39, 0.29) is 5.91 Å². The topological polar surface area (TPSA) is 45.2 Å². The number of aromatic nitrogens is 1. The van der Waals surface area contributed by atoms with Gasteiger partial charge in [-0.3, -0.25) is 4.79 Å². The van der Waals surface area contributed by atoms with Gasteiger partial charge >= 0.3 is 0 Å². The summed E-state index contributed by atoms with van der Waals surface area (Å²) in [5.41, 5.74) is 2.44. The van der Waals surface area contributed by atoms with Crippen LogP contribution in [0.1, 0.15) is 24.2 Å². The molecule has 1 aromatic carbocycles. The molecule has 0 saturated carbocycles. The Morgan fingerprint density at radius 2 is 1.86 bits per heavy atom. The number of nitrogens with one attached hydrogen (secondary N) is 1. The number of hydrogen-bond acceptors (Lipinski definition) is 3. The van der Waals surface area contributed by atoms with Crippen LogP contribution >= 0.6 is 15.9 Å². The van der Waals surface area contributed by atoms with Crippen molar-refractivity contribution < 1.29 is 4.79 Å². The van der Waals surface area contributed by atoms with Crippen molar-refractivity contribution in [3.8, 4) is 0 Å². The highest BCUT2D eigenvalue weighted by Crippen LogP contribution is 2.19. The smallest absolute Gasteiger partial charge is 0.258 e. The van der Waals surface area contributed by atoms with Crippen LogP contribution in [0.2, 0.25) is 0 Å². The largest absolute Gasteiger partial charge is 0.372 e. The summed E-state index contributed by atoms with van der Waals surface area (Å²) in [5, 5.41) is 2.87. The third-order valence-electron chi connectivity index (χ3n) is 3.26. The van der Waals surface area contributed by atoms with E-state index in [1.54, 1.807) is 18.3 Å². The highest BCUT2D eigenvalue weighted by atomic mass is 79.9. The molecule has 2 aromatic rings. The predicted molar refractivity (Wildman–Crippen MR) is 89.9 cm³/mol. The number of anilines is 2. The van der Waals surface area contributed by atoms with E-state index in [9.17, 15) is 4.79 Å². The second kappa shape index (κ2) is 7.22. The van der Waals surface area contributed by atoms with Crippen LogP contribution in [0.5, 0.6) is 0 Å². The number of pyridine rings is 1. The average Bonchev–Trinajstić information content (AvgIpc) is 2.50. The highest BCUT2D eigenvalue weighted by molar-refractivity contribution is 9.10. The van der Waals surface area contributed by atoms with Gasteiger partial charge in [-0.05, 0) is 66.2 Å². The van der Waals surface area contributed by atoms with E-state index in [0.29, 0.717) is 10.2 Å². The molecule has 21 heavy (non-hydrogen) atoms. The fourth-order valence-electron chi connectivity index (χ4n) is 2.10. The lowest BCUT2D eigenvalue weighted by Gasteiger charge is -2.21. The van der Waals surface area contributed by atoms with Gasteiger partial charge in [-0.1, -0.05) is 0 Å². The number of carbonyl (C=O) groups excluding carboxylic acids is 1. The van der Waals surface area contributed by atoms with Crippen LogP contribution in [-0.4, -0.2) is 24.0 Å². The van der Waals surface area contributed by atoms with E-state index in [2.05, 4.69) is 45.0 Å². The summed E-state index contributed by atoms with van der Waals surface area (Å²) in [6, 6.07) is 11.3. The van der Waals surface area contributed by atoms with Crippen LogP contribution in [0.4, 0.5) is 11.4 Å². The summed E-state index contributed by atoms with van der Waals surface area (Å²) in [6.07, 6.45) is 1.64. The molecule has 0 atom stereocenters. The first kappa shape index (κ1) is 15.5. The minimum Gasteiger partial charge on any atom is -0.372 e. The summed E-state index contributed by atoms with van der Waals surface area (Å²) < 4.78 is 0.544. The molecule has 1 N–H and O–H groups in total. The van der Waals surface area contributed by atoms with Gasteiger partial charge in [-0.2, -0.15) is 0 Å². The lowest BCUT2D eigenvalue weighted by Crippen LogP contribution is -2.21. The minimum absolute atomic E-state index is 0.175. The molecule has 0 aliphatic carbocycles. The van der Waals surface area contributed by atoms with Crippen molar-refractivity contribution in [2.24, 2.45) is 0 Å². The summed E-state index contributed by atoms with van der Waals surface area (Å²) in [5.74, 6) is -0.175. The molecule has 0 fully saturated rings. The van der Waals surface area contributed by atoms with E-state index in [4.69, 9.17) is 0 Å². The molecule has 1 heterocycles. The maximum absolute atomic E-state index is 12.2. The molecule has 0 spiro atoms. The van der Waals surface area contributed by atoms with Crippen molar-refractivity contribution in [1.29, 1.82) is 0 Å². The second-order valence-corrected chi connectivity index (χ2v) is 5.27. The molecular formula is C16H18BrN3O. The van der Waals surface area contributed by atoms with E-state index >= 15 is 0 Å². The summed E-state index contributed by atoms with van der Waals surface area (Å²) in [6.45, 7) is 6.17. The number of nitrogens with zero attached hydrogens (tertiary/aromatic N) is 2.